The topological polar surface area (TPSA) is 58.6 Å². The fourth-order valence-electron chi connectivity index (χ4n) is 1.31. The summed E-state index contributed by atoms with van der Waals surface area (Å²) in [5.41, 5.74) is -0.521. The zero-order valence-corrected chi connectivity index (χ0v) is 11.2. The molecule has 0 fully saturated rings. The van der Waals surface area contributed by atoms with Crippen LogP contribution in [0, 0.1) is 0 Å². The third kappa shape index (κ3) is 5.70. The van der Waals surface area contributed by atoms with Crippen LogP contribution in [-0.4, -0.2) is 29.4 Å². The van der Waals surface area contributed by atoms with Crippen LogP contribution in [0.3, 0.4) is 0 Å². The Hall–Kier alpha value is -1.07. The van der Waals surface area contributed by atoms with Gasteiger partial charge in [-0.25, -0.2) is 4.79 Å². The van der Waals surface area contributed by atoms with Gasteiger partial charge in [-0.2, -0.15) is 0 Å². The molecule has 4 nitrogen and oxygen atoms in total. The Labute approximate surface area is 106 Å². The monoisotopic (exact) mass is 257 g/mol. The van der Waals surface area contributed by atoms with E-state index in [-0.39, 0.29) is 12.6 Å². The van der Waals surface area contributed by atoms with E-state index in [4.69, 9.17) is 4.74 Å². The second-order valence-corrected chi connectivity index (χ2v) is 5.84. The number of alkyl carbamates (subject to hydrolysis) is 1. The lowest BCUT2D eigenvalue weighted by Crippen LogP contribution is -2.42. The van der Waals surface area contributed by atoms with E-state index in [1.807, 2.05) is 17.5 Å². The van der Waals surface area contributed by atoms with E-state index in [1.165, 1.54) is 0 Å². The van der Waals surface area contributed by atoms with E-state index in [1.54, 1.807) is 32.1 Å². The summed E-state index contributed by atoms with van der Waals surface area (Å²) in [6, 6.07) is 3.62. The predicted molar refractivity (Wildman–Crippen MR) is 68.3 cm³/mol. The summed E-state index contributed by atoms with van der Waals surface area (Å²) in [5, 5.41) is 13.8. The Morgan fingerprint density at radius 1 is 1.59 bits per heavy atom. The maximum atomic E-state index is 11.5. The number of thiophene rings is 1. The van der Waals surface area contributed by atoms with Crippen molar-refractivity contribution in [2.45, 2.75) is 38.8 Å². The molecule has 0 aliphatic heterocycles. The molecule has 5 heteroatoms. The lowest BCUT2D eigenvalue weighted by Gasteiger charge is -2.22. The first kappa shape index (κ1) is 14.0. The molecule has 1 rings (SSSR count). The lowest BCUT2D eigenvalue weighted by atomic mass is 10.2. The van der Waals surface area contributed by atoms with Crippen molar-refractivity contribution in [2.24, 2.45) is 0 Å². The van der Waals surface area contributed by atoms with E-state index >= 15 is 0 Å². The normalized spacial score (nSPS) is 13.2. The highest BCUT2D eigenvalue weighted by Gasteiger charge is 2.19. The number of hydrogen-bond acceptors (Lipinski definition) is 4. The molecule has 0 aliphatic rings. The molecule has 0 aliphatic carbocycles. The molecule has 0 aromatic carbocycles. The van der Waals surface area contributed by atoms with Crippen LogP contribution in [0.1, 0.15) is 25.6 Å². The van der Waals surface area contributed by atoms with Crippen molar-refractivity contribution < 1.29 is 14.6 Å². The number of ether oxygens (including phenoxy) is 1. The number of amides is 1. The van der Waals surface area contributed by atoms with Crippen molar-refractivity contribution >= 4 is 17.4 Å². The Morgan fingerprint density at radius 3 is 2.76 bits per heavy atom. The Morgan fingerprint density at radius 2 is 2.29 bits per heavy atom. The molecule has 0 spiro atoms. The number of nitrogens with one attached hydrogen (secondary N) is 1. The van der Waals surface area contributed by atoms with Crippen molar-refractivity contribution in [3.05, 3.63) is 22.4 Å². The highest BCUT2D eigenvalue weighted by Crippen LogP contribution is 2.12. The van der Waals surface area contributed by atoms with Crippen LogP contribution in [0.5, 0.6) is 0 Å². The minimum Gasteiger partial charge on any atom is -0.444 e. The molecule has 0 bridgehead atoms. The summed E-state index contributed by atoms with van der Waals surface area (Å²) in [7, 11) is 0. The van der Waals surface area contributed by atoms with Crippen LogP contribution >= 0.6 is 11.3 Å². The Bertz CT molecular complexity index is 343. The van der Waals surface area contributed by atoms with Gasteiger partial charge in [0.25, 0.3) is 0 Å². The molecule has 0 radical (unpaired) electrons. The average Bonchev–Trinajstić information content (AvgIpc) is 2.66. The third-order valence-electron chi connectivity index (χ3n) is 1.97. The number of aliphatic hydroxyl groups is 1. The standard InChI is InChI=1S/C12H19NO3S/c1-12(2,3)16-11(15)13-9(8-14)7-10-5-4-6-17-10/h4-6,9,14H,7-8H2,1-3H3,(H,13,15). The maximum absolute atomic E-state index is 11.5. The minimum absolute atomic E-state index is 0.100. The SMILES string of the molecule is CC(C)(C)OC(=O)NC(CO)Cc1cccs1. The van der Waals surface area contributed by atoms with Crippen molar-refractivity contribution in [1.82, 2.24) is 5.32 Å². The van der Waals surface area contributed by atoms with Crippen LogP contribution in [0.15, 0.2) is 17.5 Å². The Balaban J connectivity index is 2.44. The molecule has 17 heavy (non-hydrogen) atoms. The first-order valence-corrected chi connectivity index (χ1v) is 6.41. The zero-order valence-electron chi connectivity index (χ0n) is 10.4. The van der Waals surface area contributed by atoms with E-state index < -0.39 is 11.7 Å². The predicted octanol–water partition coefficient (Wildman–Crippen LogP) is 2.18. The number of carbonyl (C=O) groups excluding carboxylic acids is 1. The van der Waals surface area contributed by atoms with Gasteiger partial charge in [-0.1, -0.05) is 6.07 Å². The van der Waals surface area contributed by atoms with Gasteiger partial charge in [-0.3, -0.25) is 0 Å². The molecule has 1 heterocycles. The molecule has 1 unspecified atom stereocenters. The summed E-state index contributed by atoms with van der Waals surface area (Å²) < 4.78 is 5.13. The second kappa shape index (κ2) is 6.02. The van der Waals surface area contributed by atoms with Crippen molar-refractivity contribution in [1.29, 1.82) is 0 Å². The van der Waals surface area contributed by atoms with Crippen LogP contribution in [-0.2, 0) is 11.2 Å². The van der Waals surface area contributed by atoms with Crippen molar-refractivity contribution in [3.8, 4) is 0 Å². The van der Waals surface area contributed by atoms with E-state index in [0.717, 1.165) is 4.88 Å². The van der Waals surface area contributed by atoms with Gasteiger partial charge >= 0.3 is 6.09 Å². The van der Waals surface area contributed by atoms with Gasteiger partial charge in [-0.15, -0.1) is 11.3 Å². The van der Waals surface area contributed by atoms with Crippen LogP contribution in [0.2, 0.25) is 0 Å². The zero-order chi connectivity index (χ0) is 12.9. The highest BCUT2D eigenvalue weighted by atomic mass is 32.1. The van der Waals surface area contributed by atoms with Gasteiger partial charge in [-0.05, 0) is 32.2 Å². The largest absolute Gasteiger partial charge is 0.444 e. The van der Waals surface area contributed by atoms with Gasteiger partial charge in [0.2, 0.25) is 0 Å². The molecule has 2 N–H and O–H groups in total. The van der Waals surface area contributed by atoms with E-state index in [9.17, 15) is 9.90 Å². The smallest absolute Gasteiger partial charge is 0.407 e. The molecule has 1 atom stereocenters. The molecular formula is C12H19NO3S. The first-order valence-electron chi connectivity index (χ1n) is 5.53. The number of aliphatic hydroxyl groups excluding tert-OH is 1. The van der Waals surface area contributed by atoms with Crippen LogP contribution in [0.4, 0.5) is 4.79 Å². The third-order valence-corrected chi connectivity index (χ3v) is 2.87. The first-order chi connectivity index (χ1) is 7.90. The van der Waals surface area contributed by atoms with Gasteiger partial charge in [0.05, 0.1) is 12.6 Å². The molecule has 0 saturated carbocycles. The molecule has 1 aromatic rings. The van der Waals surface area contributed by atoms with Crippen molar-refractivity contribution in [2.75, 3.05) is 6.61 Å². The summed E-state index contributed by atoms with van der Waals surface area (Å²) in [6.07, 6.45) is 0.126. The molecule has 96 valence electrons. The van der Waals surface area contributed by atoms with Gasteiger partial charge in [0.15, 0.2) is 0 Å². The second-order valence-electron chi connectivity index (χ2n) is 4.81. The fourth-order valence-corrected chi connectivity index (χ4v) is 2.09. The Kier molecular flexibility index (Phi) is 4.96. The lowest BCUT2D eigenvalue weighted by molar-refractivity contribution is 0.0483. The van der Waals surface area contributed by atoms with Gasteiger partial charge in [0, 0.05) is 11.3 Å². The van der Waals surface area contributed by atoms with E-state index in [2.05, 4.69) is 5.32 Å². The molecular weight excluding hydrogens is 238 g/mol. The van der Waals surface area contributed by atoms with Crippen molar-refractivity contribution in [3.63, 3.8) is 0 Å². The summed E-state index contributed by atoms with van der Waals surface area (Å²) >= 11 is 1.60. The minimum atomic E-state index is -0.521. The van der Waals surface area contributed by atoms with E-state index in [0.29, 0.717) is 6.42 Å². The van der Waals surface area contributed by atoms with Gasteiger partial charge < -0.3 is 15.2 Å². The number of hydrogen-bond donors (Lipinski definition) is 2. The summed E-state index contributed by atoms with van der Waals surface area (Å²) in [6.45, 7) is 5.32. The molecule has 0 saturated heterocycles. The molecule has 1 amide bonds. The van der Waals surface area contributed by atoms with Gasteiger partial charge in [0.1, 0.15) is 5.60 Å². The summed E-state index contributed by atoms with van der Waals surface area (Å²) in [5.74, 6) is 0. The number of carbonyl (C=O) groups is 1. The maximum Gasteiger partial charge on any atom is 0.407 e. The fraction of sp³-hybridized carbons (Fsp3) is 0.583. The molecule has 1 aromatic heterocycles. The average molecular weight is 257 g/mol. The number of rotatable bonds is 4. The quantitative estimate of drug-likeness (QED) is 0.869. The van der Waals surface area contributed by atoms with Crippen LogP contribution < -0.4 is 5.32 Å². The van der Waals surface area contributed by atoms with Crippen LogP contribution in [0.25, 0.3) is 0 Å². The summed E-state index contributed by atoms with van der Waals surface area (Å²) in [4.78, 5) is 12.6. The highest BCUT2D eigenvalue weighted by molar-refractivity contribution is 7.09.